The SMILES string of the molecule is Cc1cn([C@@H]2O[C@@]3(COP(=O)(O)O[C@H]4C[C@H](n5cc(C)c(=O)[nH]c5=O)O[C@@H]4CO)COC2[C@@H]3O)c(=O)[nH]c1=O. The minimum absolute atomic E-state index is 0.142. The molecule has 39 heavy (non-hydrogen) atoms. The lowest BCUT2D eigenvalue weighted by Gasteiger charge is -2.31. The van der Waals surface area contributed by atoms with Gasteiger partial charge in [-0.25, -0.2) is 14.2 Å². The Morgan fingerprint density at radius 3 is 2.36 bits per heavy atom. The summed E-state index contributed by atoms with van der Waals surface area (Å²) in [6.07, 6.45) is -4.49. The third-order valence-electron chi connectivity index (χ3n) is 6.98. The van der Waals surface area contributed by atoms with Crippen LogP contribution in [0.25, 0.3) is 0 Å². The van der Waals surface area contributed by atoms with Gasteiger partial charge in [-0.15, -0.1) is 0 Å². The second kappa shape index (κ2) is 10.0. The maximum atomic E-state index is 12.8. The summed E-state index contributed by atoms with van der Waals surface area (Å²) in [6, 6.07) is 0. The first-order valence-corrected chi connectivity index (χ1v) is 13.4. The lowest BCUT2D eigenvalue weighted by atomic mass is 10.0. The Hall–Kier alpha value is -2.73. The molecule has 3 fully saturated rings. The fourth-order valence-corrected chi connectivity index (χ4v) is 5.86. The average Bonchev–Trinajstić information content (AvgIpc) is 3.51. The summed E-state index contributed by atoms with van der Waals surface area (Å²) in [7, 11) is -4.87. The van der Waals surface area contributed by atoms with Gasteiger partial charge in [-0.05, 0) is 13.8 Å². The van der Waals surface area contributed by atoms with Crippen molar-refractivity contribution in [1.29, 1.82) is 0 Å². The molecule has 0 spiro atoms. The highest BCUT2D eigenvalue weighted by molar-refractivity contribution is 7.47. The van der Waals surface area contributed by atoms with Gasteiger partial charge >= 0.3 is 19.2 Å². The van der Waals surface area contributed by atoms with Crippen LogP contribution in [0.2, 0.25) is 0 Å². The van der Waals surface area contributed by atoms with Gasteiger partial charge in [0.15, 0.2) is 6.23 Å². The number of ether oxygens (including phenoxy) is 3. The molecule has 2 bridgehead atoms. The van der Waals surface area contributed by atoms with E-state index in [-0.39, 0.29) is 24.2 Å². The van der Waals surface area contributed by atoms with Crippen LogP contribution in [0.15, 0.2) is 31.6 Å². The summed E-state index contributed by atoms with van der Waals surface area (Å²) in [4.78, 5) is 62.6. The second-order valence-corrected chi connectivity index (χ2v) is 11.1. The van der Waals surface area contributed by atoms with Crippen molar-refractivity contribution in [2.24, 2.45) is 0 Å². The maximum absolute atomic E-state index is 12.8. The van der Waals surface area contributed by atoms with Crippen LogP contribution >= 0.6 is 7.82 Å². The largest absolute Gasteiger partial charge is 0.472 e. The molecule has 214 valence electrons. The van der Waals surface area contributed by atoms with Gasteiger partial charge in [0, 0.05) is 29.9 Å². The molecule has 3 aliphatic heterocycles. The fourth-order valence-electron chi connectivity index (χ4n) is 4.85. The summed E-state index contributed by atoms with van der Waals surface area (Å²) in [5, 5.41) is 20.5. The van der Waals surface area contributed by atoms with E-state index in [1.54, 1.807) is 0 Å². The third-order valence-corrected chi connectivity index (χ3v) is 7.98. The van der Waals surface area contributed by atoms with Gasteiger partial charge in [0.2, 0.25) is 0 Å². The molecule has 18 heteroatoms. The minimum atomic E-state index is -4.87. The Kier molecular flexibility index (Phi) is 7.15. The molecule has 17 nitrogen and oxygen atoms in total. The van der Waals surface area contributed by atoms with Crippen LogP contribution in [0.3, 0.4) is 0 Å². The van der Waals surface area contributed by atoms with E-state index in [1.807, 2.05) is 0 Å². The van der Waals surface area contributed by atoms with Crippen LogP contribution in [0.4, 0.5) is 0 Å². The number of hydrogen-bond acceptors (Lipinski definition) is 12. The van der Waals surface area contributed by atoms with Crippen molar-refractivity contribution in [2.45, 2.75) is 62.7 Å². The predicted octanol–water partition coefficient (Wildman–Crippen LogP) is -2.49. The van der Waals surface area contributed by atoms with Gasteiger partial charge in [-0.1, -0.05) is 0 Å². The van der Waals surface area contributed by atoms with E-state index < -0.39 is 86.0 Å². The van der Waals surface area contributed by atoms with Crippen molar-refractivity contribution >= 4 is 7.82 Å². The lowest BCUT2D eigenvalue weighted by Crippen LogP contribution is -2.45. The quantitative estimate of drug-likeness (QED) is 0.206. The summed E-state index contributed by atoms with van der Waals surface area (Å²) < 4.78 is 42.4. The number of nitrogens with one attached hydrogen (secondary N) is 2. The Labute approximate surface area is 218 Å². The maximum Gasteiger partial charge on any atom is 0.472 e. The van der Waals surface area contributed by atoms with Gasteiger partial charge in [0.1, 0.15) is 36.2 Å². The van der Waals surface area contributed by atoms with Crippen LogP contribution in [0, 0.1) is 13.8 Å². The average molecular weight is 574 g/mol. The number of aliphatic hydroxyl groups is 2. The molecule has 2 aromatic rings. The van der Waals surface area contributed by atoms with Gasteiger partial charge in [-0.3, -0.25) is 37.7 Å². The summed E-state index contributed by atoms with van der Waals surface area (Å²) >= 11 is 0. The molecule has 0 saturated carbocycles. The second-order valence-electron chi connectivity index (χ2n) is 9.68. The highest BCUT2D eigenvalue weighted by atomic mass is 31.2. The first-order valence-electron chi connectivity index (χ1n) is 11.9. The summed E-state index contributed by atoms with van der Waals surface area (Å²) in [5.74, 6) is 0. The number of fused-ring (bicyclic) bond motifs is 2. The molecule has 0 aliphatic carbocycles. The van der Waals surface area contributed by atoms with E-state index in [2.05, 4.69) is 9.97 Å². The number of phosphoric acid groups is 1. The smallest absolute Gasteiger partial charge is 0.394 e. The van der Waals surface area contributed by atoms with Crippen molar-refractivity contribution in [3.63, 3.8) is 0 Å². The molecule has 0 aromatic carbocycles. The number of aliphatic hydroxyl groups excluding tert-OH is 2. The van der Waals surface area contributed by atoms with E-state index in [0.717, 1.165) is 9.13 Å². The highest BCUT2D eigenvalue weighted by Crippen LogP contribution is 2.52. The molecule has 5 rings (SSSR count). The first kappa shape index (κ1) is 27.8. The fraction of sp³-hybridized carbons (Fsp3) is 0.619. The van der Waals surface area contributed by atoms with Crippen molar-refractivity contribution < 1.29 is 42.9 Å². The Bertz CT molecular complexity index is 1550. The lowest BCUT2D eigenvalue weighted by molar-refractivity contribution is -0.186. The van der Waals surface area contributed by atoms with E-state index in [1.165, 1.54) is 26.2 Å². The van der Waals surface area contributed by atoms with Gasteiger partial charge in [-0.2, -0.15) is 0 Å². The molecule has 0 radical (unpaired) electrons. The minimum Gasteiger partial charge on any atom is -0.394 e. The number of hydrogen-bond donors (Lipinski definition) is 5. The summed E-state index contributed by atoms with van der Waals surface area (Å²) in [5.41, 5.74) is -3.93. The topological polar surface area (TPSA) is 234 Å². The van der Waals surface area contributed by atoms with E-state index in [9.17, 15) is 38.8 Å². The zero-order chi connectivity index (χ0) is 28.3. The zero-order valence-corrected chi connectivity index (χ0v) is 21.6. The van der Waals surface area contributed by atoms with E-state index in [4.69, 9.17) is 23.3 Å². The van der Waals surface area contributed by atoms with Crippen molar-refractivity contribution in [3.8, 4) is 0 Å². The molecule has 3 aliphatic rings. The first-order chi connectivity index (χ1) is 18.3. The zero-order valence-electron chi connectivity index (χ0n) is 20.7. The molecule has 2 aromatic heterocycles. The van der Waals surface area contributed by atoms with Crippen molar-refractivity contribution in [3.05, 3.63) is 65.2 Å². The molecular weight excluding hydrogens is 547 g/mol. The number of H-pyrrole nitrogens is 2. The van der Waals surface area contributed by atoms with Gasteiger partial charge < -0.3 is 29.3 Å². The summed E-state index contributed by atoms with van der Waals surface area (Å²) in [6.45, 7) is 1.43. The van der Waals surface area contributed by atoms with Crippen LogP contribution in [-0.4, -0.2) is 84.0 Å². The molecular formula is C21H27N4O13P. The van der Waals surface area contributed by atoms with Gasteiger partial charge in [0.05, 0.1) is 19.8 Å². The normalized spacial score (nSPS) is 33.5. The molecule has 3 saturated heterocycles. The molecule has 5 heterocycles. The molecule has 2 unspecified atom stereocenters. The van der Waals surface area contributed by atoms with Crippen LogP contribution in [0.1, 0.15) is 30.0 Å². The molecule has 8 atom stereocenters. The highest BCUT2D eigenvalue weighted by Gasteiger charge is 2.63. The Morgan fingerprint density at radius 1 is 1.10 bits per heavy atom. The number of phosphoric ester groups is 1. The van der Waals surface area contributed by atoms with E-state index >= 15 is 0 Å². The number of aromatic amines is 2. The molecule has 5 N–H and O–H groups in total. The number of aryl methyl sites for hydroxylation is 2. The molecule has 0 amide bonds. The number of nitrogens with zero attached hydrogens (tertiary/aromatic N) is 2. The van der Waals surface area contributed by atoms with Crippen LogP contribution < -0.4 is 22.5 Å². The number of rotatable bonds is 8. The Morgan fingerprint density at radius 2 is 1.72 bits per heavy atom. The standard InChI is InChI=1S/C21H27N4O13P/c1-9-4-24(19(30)22-16(9)28)13-3-11(12(6-26)36-13)38-39(32,33)35-8-21-7-34-14(15(21)27)18(37-21)25-5-10(2)17(29)23-20(25)31/h4-5,11-15,18,26-27H,3,6-8H2,1-2H3,(H,32,33)(H,22,28,30)(H,23,29,31)/t11-,12+,13+,14?,15-,18+,21+/m0/s1. The van der Waals surface area contributed by atoms with Crippen molar-refractivity contribution in [2.75, 3.05) is 19.8 Å². The third kappa shape index (κ3) is 5.01. The van der Waals surface area contributed by atoms with E-state index in [0.29, 0.717) is 0 Å². The Balaban J connectivity index is 1.28. The van der Waals surface area contributed by atoms with Gasteiger partial charge in [0.25, 0.3) is 11.1 Å². The van der Waals surface area contributed by atoms with Crippen molar-refractivity contribution in [1.82, 2.24) is 19.1 Å². The van der Waals surface area contributed by atoms with Crippen LogP contribution in [-0.2, 0) is 27.8 Å². The monoisotopic (exact) mass is 574 g/mol. The van der Waals surface area contributed by atoms with Crippen LogP contribution in [0.5, 0.6) is 0 Å². The number of aromatic nitrogens is 4. The predicted molar refractivity (Wildman–Crippen MR) is 127 cm³/mol.